The minimum atomic E-state index is 0.477. The number of nitrogens with two attached hydrogens (primary N) is 1. The molecule has 1 aromatic rings. The summed E-state index contributed by atoms with van der Waals surface area (Å²) in [6.45, 7) is 4.05. The molecule has 2 heteroatoms. The summed E-state index contributed by atoms with van der Waals surface area (Å²) in [6.07, 6.45) is 0. The molecule has 12 heavy (non-hydrogen) atoms. The molecule has 0 spiro atoms. The van der Waals surface area contributed by atoms with Crippen LogP contribution in [0.15, 0.2) is 41.0 Å². The number of hydrogen-bond acceptors (Lipinski definition) is 1. The molecule has 62 valence electrons. The van der Waals surface area contributed by atoms with Crippen molar-refractivity contribution in [3.8, 4) is 0 Å². The first-order valence-electron chi connectivity index (χ1n) is 3.63. The molecule has 0 heterocycles. The van der Waals surface area contributed by atoms with Crippen LogP contribution in [0.3, 0.4) is 0 Å². The maximum Gasteiger partial charge on any atom is 0.0258 e. The second-order valence-corrected chi connectivity index (χ2v) is 3.28. The topological polar surface area (TPSA) is 26.0 Å². The van der Waals surface area contributed by atoms with Gasteiger partial charge in [-0.2, -0.15) is 0 Å². The maximum absolute atomic E-state index is 5.50. The van der Waals surface area contributed by atoms with Crippen LogP contribution in [0.25, 0.3) is 5.57 Å². The molecule has 0 aliphatic heterocycles. The van der Waals surface area contributed by atoms with E-state index >= 15 is 0 Å². The average molecular weight is 224 g/mol. The Balaban J connectivity index is 3.04. The SMILES string of the molecule is C=C=C(CN)c1ccc(Br)cc1. The second-order valence-electron chi connectivity index (χ2n) is 2.37. The van der Waals surface area contributed by atoms with Crippen molar-refractivity contribution >= 4 is 21.5 Å². The van der Waals surface area contributed by atoms with E-state index in [-0.39, 0.29) is 0 Å². The summed E-state index contributed by atoms with van der Waals surface area (Å²) >= 11 is 3.36. The monoisotopic (exact) mass is 223 g/mol. The Morgan fingerprint density at radius 3 is 2.42 bits per heavy atom. The lowest BCUT2D eigenvalue weighted by Crippen LogP contribution is -2.00. The van der Waals surface area contributed by atoms with Crippen LogP contribution >= 0.6 is 15.9 Å². The molecule has 0 bridgehead atoms. The molecular weight excluding hydrogens is 214 g/mol. The van der Waals surface area contributed by atoms with Crippen molar-refractivity contribution in [2.45, 2.75) is 0 Å². The molecule has 0 atom stereocenters. The smallest absolute Gasteiger partial charge is 0.0258 e. The highest BCUT2D eigenvalue weighted by atomic mass is 79.9. The van der Waals surface area contributed by atoms with Crippen LogP contribution in [-0.2, 0) is 0 Å². The fraction of sp³-hybridized carbons (Fsp3) is 0.100. The minimum Gasteiger partial charge on any atom is -0.326 e. The van der Waals surface area contributed by atoms with Crippen LogP contribution in [0.4, 0.5) is 0 Å². The van der Waals surface area contributed by atoms with Gasteiger partial charge in [0.2, 0.25) is 0 Å². The summed E-state index contributed by atoms with van der Waals surface area (Å²) in [5.74, 6) is 0. The Labute approximate surface area is 80.7 Å². The van der Waals surface area contributed by atoms with Gasteiger partial charge in [0.1, 0.15) is 0 Å². The first-order chi connectivity index (χ1) is 5.77. The lowest BCUT2D eigenvalue weighted by Gasteiger charge is -2.00. The molecule has 0 saturated heterocycles. The fourth-order valence-electron chi connectivity index (χ4n) is 0.943. The van der Waals surface area contributed by atoms with Crippen LogP contribution in [0.5, 0.6) is 0 Å². The summed E-state index contributed by atoms with van der Waals surface area (Å²) in [6, 6.07) is 7.93. The standard InChI is InChI=1S/C10H10BrN/c1-2-8(7-12)9-3-5-10(11)6-4-9/h3-6H,1,7,12H2. The second kappa shape index (κ2) is 4.27. The van der Waals surface area contributed by atoms with Crippen LogP contribution in [0.2, 0.25) is 0 Å². The molecule has 1 nitrogen and oxygen atoms in total. The van der Waals surface area contributed by atoms with Crippen molar-refractivity contribution in [2.75, 3.05) is 6.54 Å². The highest BCUT2D eigenvalue weighted by Gasteiger charge is 1.96. The normalized spacial score (nSPS) is 9.17. The fourth-order valence-corrected chi connectivity index (χ4v) is 1.21. The quantitative estimate of drug-likeness (QED) is 0.767. The average Bonchev–Trinajstić information content (AvgIpc) is 2.10. The van der Waals surface area contributed by atoms with E-state index in [1.165, 1.54) is 0 Å². The van der Waals surface area contributed by atoms with Crippen molar-refractivity contribution < 1.29 is 0 Å². The lowest BCUT2D eigenvalue weighted by molar-refractivity contribution is 1.27. The lowest BCUT2D eigenvalue weighted by atomic mass is 10.1. The van der Waals surface area contributed by atoms with E-state index in [1.54, 1.807) is 0 Å². The van der Waals surface area contributed by atoms with Gasteiger partial charge >= 0.3 is 0 Å². The van der Waals surface area contributed by atoms with E-state index in [4.69, 9.17) is 5.73 Å². The number of halogens is 1. The van der Waals surface area contributed by atoms with Crippen molar-refractivity contribution in [1.29, 1.82) is 0 Å². The Morgan fingerprint density at radius 2 is 2.00 bits per heavy atom. The van der Waals surface area contributed by atoms with E-state index in [0.29, 0.717) is 6.54 Å². The summed E-state index contributed by atoms with van der Waals surface area (Å²) in [5.41, 5.74) is 10.3. The first kappa shape index (κ1) is 9.27. The van der Waals surface area contributed by atoms with Gasteiger partial charge < -0.3 is 5.73 Å². The zero-order valence-electron chi connectivity index (χ0n) is 6.68. The number of hydrogen-bond donors (Lipinski definition) is 1. The Morgan fingerprint density at radius 1 is 1.42 bits per heavy atom. The van der Waals surface area contributed by atoms with Gasteiger partial charge in [-0.15, -0.1) is 5.73 Å². The predicted molar refractivity (Wildman–Crippen MR) is 55.7 cm³/mol. The third kappa shape index (κ3) is 2.08. The van der Waals surface area contributed by atoms with E-state index in [2.05, 4.69) is 28.2 Å². The molecule has 2 N–H and O–H groups in total. The minimum absolute atomic E-state index is 0.477. The molecule has 0 radical (unpaired) electrons. The van der Waals surface area contributed by atoms with Crippen molar-refractivity contribution in [1.82, 2.24) is 0 Å². The van der Waals surface area contributed by atoms with Gasteiger partial charge in [-0.1, -0.05) is 34.6 Å². The molecule has 0 saturated carbocycles. The van der Waals surface area contributed by atoms with Crippen molar-refractivity contribution in [3.05, 3.63) is 46.6 Å². The highest BCUT2D eigenvalue weighted by molar-refractivity contribution is 9.10. The van der Waals surface area contributed by atoms with Gasteiger partial charge in [-0.3, -0.25) is 0 Å². The van der Waals surface area contributed by atoms with Gasteiger partial charge in [-0.05, 0) is 17.7 Å². The molecule has 0 fully saturated rings. The molecule has 0 aliphatic carbocycles. The molecule has 0 aromatic heterocycles. The van der Waals surface area contributed by atoms with Crippen LogP contribution in [-0.4, -0.2) is 6.54 Å². The molecule has 0 amide bonds. The summed E-state index contributed by atoms with van der Waals surface area (Å²) in [5, 5.41) is 0. The third-order valence-electron chi connectivity index (χ3n) is 1.61. The predicted octanol–water partition coefficient (Wildman–Crippen LogP) is 2.58. The third-order valence-corrected chi connectivity index (χ3v) is 2.14. The zero-order valence-corrected chi connectivity index (χ0v) is 8.26. The molecule has 1 aromatic carbocycles. The van der Waals surface area contributed by atoms with Gasteiger partial charge in [0.15, 0.2) is 0 Å². The van der Waals surface area contributed by atoms with E-state index < -0.39 is 0 Å². The summed E-state index contributed by atoms with van der Waals surface area (Å²) in [7, 11) is 0. The zero-order chi connectivity index (χ0) is 8.97. The number of benzene rings is 1. The van der Waals surface area contributed by atoms with Crippen molar-refractivity contribution in [3.63, 3.8) is 0 Å². The maximum atomic E-state index is 5.50. The summed E-state index contributed by atoms with van der Waals surface area (Å²) < 4.78 is 1.06. The van der Waals surface area contributed by atoms with Crippen LogP contribution < -0.4 is 5.73 Å². The van der Waals surface area contributed by atoms with E-state index in [9.17, 15) is 0 Å². The van der Waals surface area contributed by atoms with Crippen molar-refractivity contribution in [2.24, 2.45) is 5.73 Å². The molecular formula is C10H10BrN. The highest BCUT2D eigenvalue weighted by Crippen LogP contribution is 2.15. The first-order valence-corrected chi connectivity index (χ1v) is 4.42. The molecule has 1 rings (SSSR count). The van der Waals surface area contributed by atoms with Crippen LogP contribution in [0.1, 0.15) is 5.56 Å². The Bertz CT molecular complexity index is 307. The summed E-state index contributed by atoms with van der Waals surface area (Å²) in [4.78, 5) is 0. The van der Waals surface area contributed by atoms with E-state index in [1.807, 2.05) is 24.3 Å². The van der Waals surface area contributed by atoms with Gasteiger partial charge in [0.05, 0.1) is 0 Å². The van der Waals surface area contributed by atoms with Gasteiger partial charge in [0.25, 0.3) is 0 Å². The Kier molecular flexibility index (Phi) is 3.30. The van der Waals surface area contributed by atoms with Crippen LogP contribution in [0, 0.1) is 0 Å². The molecule has 0 aliphatic rings. The molecule has 0 unspecified atom stereocenters. The van der Waals surface area contributed by atoms with Gasteiger partial charge in [0, 0.05) is 16.6 Å². The van der Waals surface area contributed by atoms with E-state index in [0.717, 1.165) is 15.6 Å². The van der Waals surface area contributed by atoms with Gasteiger partial charge in [-0.25, -0.2) is 0 Å². The Hall–Kier alpha value is -0.820. The largest absolute Gasteiger partial charge is 0.326 e. The number of rotatable bonds is 2.